The van der Waals surface area contributed by atoms with E-state index in [9.17, 15) is 4.79 Å². The number of hydrogen-bond donors (Lipinski definition) is 0. The van der Waals surface area contributed by atoms with Crippen molar-refractivity contribution in [1.82, 2.24) is 4.90 Å². The molecule has 0 atom stereocenters. The van der Waals surface area contributed by atoms with E-state index in [0.29, 0.717) is 13.1 Å². The monoisotopic (exact) mass is 207 g/mol. The third-order valence-corrected chi connectivity index (χ3v) is 2.38. The molecule has 0 fully saturated rings. The second-order valence-electron chi connectivity index (χ2n) is 3.35. The van der Waals surface area contributed by atoms with E-state index >= 15 is 0 Å². The highest BCUT2D eigenvalue weighted by atomic mass is 16.5. The number of carbonyl (C=O) groups is 1. The van der Waals surface area contributed by atoms with Gasteiger partial charge in [0.2, 0.25) is 5.91 Å². The van der Waals surface area contributed by atoms with Gasteiger partial charge in [-0.1, -0.05) is 18.2 Å². The highest BCUT2D eigenvalue weighted by molar-refractivity contribution is 5.73. The van der Waals surface area contributed by atoms with Gasteiger partial charge in [-0.25, -0.2) is 0 Å². The number of methoxy groups -OCH3 is 1. The zero-order chi connectivity index (χ0) is 11.3. The van der Waals surface area contributed by atoms with E-state index in [4.69, 9.17) is 4.74 Å². The molecule has 0 aliphatic carbocycles. The van der Waals surface area contributed by atoms with Crippen molar-refractivity contribution in [3.8, 4) is 5.75 Å². The standard InChI is InChI=1S/C12H17NO2/c1-4-13(10(2)14)9-11-7-5-6-8-12(11)15-3/h5-8H,4,9H2,1-3H3. The maximum absolute atomic E-state index is 11.3. The van der Waals surface area contributed by atoms with Gasteiger partial charge in [0.15, 0.2) is 0 Å². The van der Waals surface area contributed by atoms with E-state index in [1.807, 2.05) is 31.2 Å². The molecule has 1 rings (SSSR count). The van der Waals surface area contributed by atoms with Gasteiger partial charge in [0.1, 0.15) is 5.75 Å². The van der Waals surface area contributed by atoms with E-state index in [1.54, 1.807) is 18.9 Å². The normalized spacial score (nSPS) is 9.80. The molecule has 0 N–H and O–H groups in total. The molecule has 0 aromatic heterocycles. The zero-order valence-corrected chi connectivity index (χ0v) is 9.49. The lowest BCUT2D eigenvalue weighted by molar-refractivity contribution is -0.129. The van der Waals surface area contributed by atoms with Gasteiger partial charge in [0, 0.05) is 25.6 Å². The summed E-state index contributed by atoms with van der Waals surface area (Å²) in [7, 11) is 1.64. The summed E-state index contributed by atoms with van der Waals surface area (Å²) in [5.41, 5.74) is 1.04. The van der Waals surface area contributed by atoms with Gasteiger partial charge in [-0.05, 0) is 13.0 Å². The van der Waals surface area contributed by atoms with Gasteiger partial charge >= 0.3 is 0 Å². The number of benzene rings is 1. The lowest BCUT2D eigenvalue weighted by Crippen LogP contribution is -2.27. The minimum absolute atomic E-state index is 0.0865. The second kappa shape index (κ2) is 5.39. The van der Waals surface area contributed by atoms with Crippen molar-refractivity contribution in [2.24, 2.45) is 0 Å². The number of carbonyl (C=O) groups excluding carboxylic acids is 1. The molecule has 0 saturated heterocycles. The molecule has 0 saturated carbocycles. The Morgan fingerprint density at radius 1 is 1.40 bits per heavy atom. The fraction of sp³-hybridized carbons (Fsp3) is 0.417. The van der Waals surface area contributed by atoms with Gasteiger partial charge < -0.3 is 9.64 Å². The van der Waals surface area contributed by atoms with Crippen LogP contribution in [0.3, 0.4) is 0 Å². The van der Waals surface area contributed by atoms with Crippen LogP contribution in [-0.2, 0) is 11.3 Å². The van der Waals surface area contributed by atoms with Crippen LogP contribution in [0, 0.1) is 0 Å². The molecule has 0 bridgehead atoms. The summed E-state index contributed by atoms with van der Waals surface area (Å²) in [5, 5.41) is 0. The molecule has 3 heteroatoms. The minimum atomic E-state index is 0.0865. The maximum Gasteiger partial charge on any atom is 0.219 e. The number of hydrogen-bond acceptors (Lipinski definition) is 2. The van der Waals surface area contributed by atoms with Crippen LogP contribution >= 0.6 is 0 Å². The van der Waals surface area contributed by atoms with E-state index < -0.39 is 0 Å². The number of para-hydroxylation sites is 1. The highest BCUT2D eigenvalue weighted by Gasteiger charge is 2.09. The van der Waals surface area contributed by atoms with Crippen LogP contribution in [0.4, 0.5) is 0 Å². The summed E-state index contributed by atoms with van der Waals surface area (Å²) in [5.74, 6) is 0.917. The van der Waals surface area contributed by atoms with Crippen LogP contribution in [0.1, 0.15) is 19.4 Å². The lowest BCUT2D eigenvalue weighted by atomic mass is 10.2. The second-order valence-corrected chi connectivity index (χ2v) is 3.35. The summed E-state index contributed by atoms with van der Waals surface area (Å²) in [4.78, 5) is 13.0. The van der Waals surface area contributed by atoms with Crippen molar-refractivity contribution in [2.45, 2.75) is 20.4 Å². The molecule has 0 spiro atoms. The topological polar surface area (TPSA) is 29.5 Å². The Labute approximate surface area is 90.7 Å². The Morgan fingerprint density at radius 2 is 2.07 bits per heavy atom. The first-order chi connectivity index (χ1) is 7.19. The number of ether oxygens (including phenoxy) is 1. The summed E-state index contributed by atoms with van der Waals surface area (Å²) < 4.78 is 5.23. The van der Waals surface area contributed by atoms with Gasteiger partial charge in [-0.15, -0.1) is 0 Å². The molecule has 3 nitrogen and oxygen atoms in total. The fourth-order valence-corrected chi connectivity index (χ4v) is 1.49. The highest BCUT2D eigenvalue weighted by Crippen LogP contribution is 2.18. The van der Waals surface area contributed by atoms with Crippen LogP contribution in [0.25, 0.3) is 0 Å². The first-order valence-corrected chi connectivity index (χ1v) is 5.06. The van der Waals surface area contributed by atoms with Crippen LogP contribution in [0.2, 0.25) is 0 Å². The SMILES string of the molecule is CCN(Cc1ccccc1OC)C(C)=O. The molecule has 0 aliphatic heterocycles. The first kappa shape index (κ1) is 11.6. The van der Waals surface area contributed by atoms with Crippen LogP contribution in [0.15, 0.2) is 24.3 Å². The van der Waals surface area contributed by atoms with E-state index in [-0.39, 0.29) is 5.91 Å². The molecule has 0 heterocycles. The third kappa shape index (κ3) is 2.98. The fourth-order valence-electron chi connectivity index (χ4n) is 1.49. The van der Waals surface area contributed by atoms with Crippen molar-refractivity contribution in [3.05, 3.63) is 29.8 Å². The zero-order valence-electron chi connectivity index (χ0n) is 9.49. The third-order valence-electron chi connectivity index (χ3n) is 2.38. The Kier molecular flexibility index (Phi) is 4.16. The maximum atomic E-state index is 11.3. The largest absolute Gasteiger partial charge is 0.496 e. The smallest absolute Gasteiger partial charge is 0.219 e. The summed E-state index contributed by atoms with van der Waals surface area (Å²) in [6.07, 6.45) is 0. The molecule has 1 aromatic rings. The van der Waals surface area contributed by atoms with Crippen molar-refractivity contribution >= 4 is 5.91 Å². The Balaban J connectivity index is 2.82. The summed E-state index contributed by atoms with van der Waals surface area (Å²) in [6, 6.07) is 7.76. The quantitative estimate of drug-likeness (QED) is 0.756. The van der Waals surface area contributed by atoms with Crippen molar-refractivity contribution in [3.63, 3.8) is 0 Å². The van der Waals surface area contributed by atoms with Crippen molar-refractivity contribution < 1.29 is 9.53 Å². The van der Waals surface area contributed by atoms with E-state index in [2.05, 4.69) is 0 Å². The molecule has 15 heavy (non-hydrogen) atoms. The Hall–Kier alpha value is -1.51. The Bertz CT molecular complexity index is 336. The average Bonchev–Trinajstić information content (AvgIpc) is 2.25. The van der Waals surface area contributed by atoms with Gasteiger partial charge in [0.25, 0.3) is 0 Å². The predicted molar refractivity (Wildman–Crippen MR) is 59.8 cm³/mol. The van der Waals surface area contributed by atoms with Crippen molar-refractivity contribution in [2.75, 3.05) is 13.7 Å². The van der Waals surface area contributed by atoms with Crippen LogP contribution in [0.5, 0.6) is 5.75 Å². The van der Waals surface area contributed by atoms with Gasteiger partial charge in [-0.2, -0.15) is 0 Å². The Morgan fingerprint density at radius 3 is 2.60 bits per heavy atom. The molecular formula is C12H17NO2. The van der Waals surface area contributed by atoms with Crippen LogP contribution < -0.4 is 4.74 Å². The van der Waals surface area contributed by atoms with E-state index in [0.717, 1.165) is 11.3 Å². The summed E-state index contributed by atoms with van der Waals surface area (Å²) >= 11 is 0. The van der Waals surface area contributed by atoms with Crippen LogP contribution in [-0.4, -0.2) is 24.5 Å². The molecular weight excluding hydrogens is 190 g/mol. The van der Waals surface area contributed by atoms with E-state index in [1.165, 1.54) is 0 Å². The van der Waals surface area contributed by atoms with Crippen molar-refractivity contribution in [1.29, 1.82) is 0 Å². The minimum Gasteiger partial charge on any atom is -0.496 e. The summed E-state index contributed by atoms with van der Waals surface area (Å²) in [6.45, 7) is 4.87. The first-order valence-electron chi connectivity index (χ1n) is 5.06. The predicted octanol–water partition coefficient (Wildman–Crippen LogP) is 2.06. The lowest BCUT2D eigenvalue weighted by Gasteiger charge is -2.20. The molecule has 1 aromatic carbocycles. The number of amides is 1. The number of rotatable bonds is 4. The molecule has 82 valence electrons. The van der Waals surface area contributed by atoms with Gasteiger partial charge in [-0.3, -0.25) is 4.79 Å². The number of nitrogens with zero attached hydrogens (tertiary/aromatic N) is 1. The molecule has 1 amide bonds. The molecule has 0 unspecified atom stereocenters. The van der Waals surface area contributed by atoms with Gasteiger partial charge in [0.05, 0.1) is 7.11 Å². The molecule has 0 radical (unpaired) electrons. The average molecular weight is 207 g/mol. The molecule has 0 aliphatic rings.